The van der Waals surface area contributed by atoms with Crippen molar-refractivity contribution in [3.05, 3.63) is 35.5 Å². The molecule has 1 aliphatic rings. The molecule has 8 heteroatoms. The number of benzene rings is 1. The summed E-state index contributed by atoms with van der Waals surface area (Å²) in [5, 5.41) is 10.8. The van der Waals surface area contributed by atoms with Gasteiger partial charge >= 0.3 is 0 Å². The predicted molar refractivity (Wildman–Crippen MR) is 121 cm³/mol. The van der Waals surface area contributed by atoms with Crippen LogP contribution in [0, 0.1) is 6.92 Å². The summed E-state index contributed by atoms with van der Waals surface area (Å²) in [7, 11) is 5.17. The van der Waals surface area contributed by atoms with Gasteiger partial charge in [0.05, 0.1) is 14.2 Å². The Kier molecular flexibility index (Phi) is 8.14. The van der Waals surface area contributed by atoms with Crippen LogP contribution in [-0.4, -0.2) is 50.5 Å². The summed E-state index contributed by atoms with van der Waals surface area (Å²) in [5.74, 6) is 3.71. The van der Waals surface area contributed by atoms with Crippen molar-refractivity contribution in [2.24, 2.45) is 4.99 Å². The Morgan fingerprint density at radius 2 is 1.90 bits per heavy atom. The van der Waals surface area contributed by atoms with Crippen LogP contribution in [0.3, 0.4) is 0 Å². The van der Waals surface area contributed by atoms with Gasteiger partial charge in [-0.3, -0.25) is 4.99 Å². The molecular formula is C23H35N5O3. The highest BCUT2D eigenvalue weighted by molar-refractivity contribution is 5.79. The van der Waals surface area contributed by atoms with E-state index in [1.807, 2.05) is 13.0 Å². The molecule has 0 amide bonds. The number of aryl methyl sites for hydroxylation is 2. The van der Waals surface area contributed by atoms with Crippen LogP contribution in [0.5, 0.6) is 11.5 Å². The van der Waals surface area contributed by atoms with Crippen molar-refractivity contribution in [2.75, 3.05) is 34.4 Å². The molecule has 0 unspecified atom stereocenters. The van der Waals surface area contributed by atoms with Crippen LogP contribution in [0.15, 0.2) is 27.7 Å². The van der Waals surface area contributed by atoms with Gasteiger partial charge in [-0.05, 0) is 43.9 Å². The molecule has 2 N–H and O–H groups in total. The fourth-order valence-electron chi connectivity index (χ4n) is 4.32. The summed E-state index contributed by atoms with van der Waals surface area (Å²) in [6.07, 6.45) is 7.67. The van der Waals surface area contributed by atoms with Gasteiger partial charge in [-0.15, -0.1) is 0 Å². The number of hydrogen-bond acceptors (Lipinski definition) is 6. The monoisotopic (exact) mass is 429 g/mol. The Hall–Kier alpha value is -2.77. The molecule has 1 fully saturated rings. The third-order valence-electron chi connectivity index (χ3n) is 6.05. The lowest BCUT2D eigenvalue weighted by Crippen LogP contribution is -2.46. The second-order valence-corrected chi connectivity index (χ2v) is 8.10. The zero-order valence-electron chi connectivity index (χ0n) is 19.2. The first-order valence-electron chi connectivity index (χ1n) is 11.1. The number of rotatable bonds is 9. The summed E-state index contributed by atoms with van der Waals surface area (Å²) < 4.78 is 16.2. The fraction of sp³-hybridized carbons (Fsp3) is 0.609. The van der Waals surface area contributed by atoms with Crippen LogP contribution in [-0.2, 0) is 11.8 Å². The van der Waals surface area contributed by atoms with Crippen molar-refractivity contribution in [1.29, 1.82) is 0 Å². The van der Waals surface area contributed by atoms with E-state index in [4.69, 9.17) is 14.0 Å². The number of aliphatic imine (C=N–C) groups is 1. The molecule has 31 heavy (non-hydrogen) atoms. The highest BCUT2D eigenvalue weighted by atomic mass is 16.5. The molecule has 0 radical (unpaired) electrons. The topological polar surface area (TPSA) is 93.8 Å². The number of nitrogens with one attached hydrogen (secondary N) is 2. The van der Waals surface area contributed by atoms with Gasteiger partial charge < -0.3 is 24.6 Å². The number of methoxy groups -OCH3 is 2. The molecule has 0 bridgehead atoms. The maximum absolute atomic E-state index is 5.56. The van der Waals surface area contributed by atoms with Crippen molar-refractivity contribution < 1.29 is 14.0 Å². The minimum Gasteiger partial charge on any atom is -0.493 e. The van der Waals surface area contributed by atoms with E-state index in [1.54, 1.807) is 21.3 Å². The van der Waals surface area contributed by atoms with E-state index in [9.17, 15) is 0 Å². The summed E-state index contributed by atoms with van der Waals surface area (Å²) >= 11 is 0. The Labute approximate surface area is 184 Å². The van der Waals surface area contributed by atoms with Gasteiger partial charge in [0.2, 0.25) is 5.89 Å². The maximum atomic E-state index is 5.56. The molecule has 0 atom stereocenters. The molecule has 0 aliphatic heterocycles. The van der Waals surface area contributed by atoms with Crippen LogP contribution < -0.4 is 20.1 Å². The van der Waals surface area contributed by atoms with Crippen molar-refractivity contribution >= 4 is 5.96 Å². The second-order valence-electron chi connectivity index (χ2n) is 8.10. The third kappa shape index (κ3) is 5.89. The predicted octanol–water partition coefficient (Wildman–Crippen LogP) is 3.39. The molecule has 1 saturated carbocycles. The van der Waals surface area contributed by atoms with E-state index >= 15 is 0 Å². The van der Waals surface area contributed by atoms with Crippen LogP contribution >= 0.6 is 0 Å². The van der Waals surface area contributed by atoms with Crippen LogP contribution in [0.1, 0.15) is 55.8 Å². The van der Waals surface area contributed by atoms with Gasteiger partial charge in [0.15, 0.2) is 23.3 Å². The Morgan fingerprint density at radius 3 is 2.55 bits per heavy atom. The summed E-state index contributed by atoms with van der Waals surface area (Å²) in [5.41, 5.74) is 1.34. The molecular weight excluding hydrogens is 394 g/mol. The van der Waals surface area contributed by atoms with Gasteiger partial charge in [-0.1, -0.05) is 30.5 Å². The normalized spacial score (nSPS) is 16.1. The first-order chi connectivity index (χ1) is 15.1. The molecule has 1 aliphatic carbocycles. The lowest BCUT2D eigenvalue weighted by molar-refractivity contribution is 0.288. The number of hydrogen-bond donors (Lipinski definition) is 2. The first kappa shape index (κ1) is 22.9. The molecule has 2 aromatic rings. The standard InChI is InChI=1S/C23H35N5O3/c1-17-27-21(31-28-17)9-8-14-25-22(24-2)26-16-23(12-6-5-7-13-23)18-10-11-19(29-3)20(15-18)30-4/h10-11,15H,5-9,12-14,16H2,1-4H3,(H2,24,25,26). The number of nitrogens with zero attached hydrogens (tertiary/aromatic N) is 3. The van der Waals surface area contributed by atoms with E-state index in [0.29, 0.717) is 11.7 Å². The fourth-order valence-corrected chi connectivity index (χ4v) is 4.32. The molecule has 1 heterocycles. The number of aromatic nitrogens is 2. The Morgan fingerprint density at radius 1 is 1.13 bits per heavy atom. The van der Waals surface area contributed by atoms with Crippen LogP contribution in [0.2, 0.25) is 0 Å². The van der Waals surface area contributed by atoms with Gasteiger partial charge in [0, 0.05) is 32.0 Å². The smallest absolute Gasteiger partial charge is 0.226 e. The Bertz CT molecular complexity index is 859. The van der Waals surface area contributed by atoms with E-state index in [1.165, 1.54) is 24.8 Å². The summed E-state index contributed by atoms with van der Waals surface area (Å²) in [6, 6.07) is 6.32. The van der Waals surface area contributed by atoms with Crippen molar-refractivity contribution in [2.45, 2.75) is 57.3 Å². The van der Waals surface area contributed by atoms with Gasteiger partial charge in [-0.2, -0.15) is 4.98 Å². The van der Waals surface area contributed by atoms with Crippen LogP contribution in [0.4, 0.5) is 0 Å². The lowest BCUT2D eigenvalue weighted by atomic mass is 9.69. The zero-order chi connectivity index (χ0) is 22.1. The molecule has 3 rings (SSSR count). The number of ether oxygens (including phenoxy) is 2. The van der Waals surface area contributed by atoms with E-state index in [2.05, 4.69) is 37.9 Å². The third-order valence-corrected chi connectivity index (χ3v) is 6.05. The Balaban J connectivity index is 1.61. The minimum atomic E-state index is 0.0523. The highest BCUT2D eigenvalue weighted by Crippen LogP contribution is 2.42. The van der Waals surface area contributed by atoms with Crippen LogP contribution in [0.25, 0.3) is 0 Å². The quantitative estimate of drug-likeness (QED) is 0.358. The molecule has 170 valence electrons. The minimum absolute atomic E-state index is 0.0523. The molecule has 0 saturated heterocycles. The molecule has 1 aromatic carbocycles. The van der Waals surface area contributed by atoms with E-state index < -0.39 is 0 Å². The van der Waals surface area contributed by atoms with Gasteiger partial charge in [0.25, 0.3) is 0 Å². The molecule has 8 nitrogen and oxygen atoms in total. The average molecular weight is 430 g/mol. The lowest BCUT2D eigenvalue weighted by Gasteiger charge is -2.38. The average Bonchev–Trinajstić information content (AvgIpc) is 3.23. The van der Waals surface area contributed by atoms with E-state index in [0.717, 1.165) is 56.2 Å². The first-order valence-corrected chi connectivity index (χ1v) is 11.1. The van der Waals surface area contributed by atoms with E-state index in [-0.39, 0.29) is 5.41 Å². The van der Waals surface area contributed by atoms with Gasteiger partial charge in [0.1, 0.15) is 0 Å². The largest absolute Gasteiger partial charge is 0.493 e. The molecule has 0 spiro atoms. The number of guanidine groups is 1. The molecule has 1 aromatic heterocycles. The SMILES string of the molecule is CN=C(NCCCc1nc(C)no1)NCC1(c2ccc(OC)c(OC)c2)CCCCC1. The highest BCUT2D eigenvalue weighted by Gasteiger charge is 2.34. The van der Waals surface area contributed by atoms with Crippen molar-refractivity contribution in [1.82, 2.24) is 20.8 Å². The summed E-state index contributed by atoms with van der Waals surface area (Å²) in [4.78, 5) is 8.65. The van der Waals surface area contributed by atoms with Crippen molar-refractivity contribution in [3.63, 3.8) is 0 Å². The summed E-state index contributed by atoms with van der Waals surface area (Å²) in [6.45, 7) is 3.44. The van der Waals surface area contributed by atoms with Gasteiger partial charge in [-0.25, -0.2) is 0 Å². The maximum Gasteiger partial charge on any atom is 0.226 e. The second kappa shape index (κ2) is 11.0. The zero-order valence-corrected chi connectivity index (χ0v) is 19.2. The van der Waals surface area contributed by atoms with Crippen molar-refractivity contribution in [3.8, 4) is 11.5 Å².